The molecule has 0 aromatic heterocycles. The van der Waals surface area contributed by atoms with Gasteiger partial charge in [-0.2, -0.15) is 0 Å². The Morgan fingerprint density at radius 3 is 2.69 bits per heavy atom. The van der Waals surface area contributed by atoms with Crippen molar-refractivity contribution < 1.29 is 14.6 Å². The van der Waals surface area contributed by atoms with Gasteiger partial charge in [0, 0.05) is 6.61 Å². The summed E-state index contributed by atoms with van der Waals surface area (Å²) in [7, 11) is 0. The molecule has 0 unspecified atom stereocenters. The molecule has 0 aliphatic carbocycles. The van der Waals surface area contributed by atoms with Crippen LogP contribution in [0.1, 0.15) is 12.0 Å². The van der Waals surface area contributed by atoms with Crippen LogP contribution in [0.2, 0.25) is 0 Å². The van der Waals surface area contributed by atoms with Gasteiger partial charge >= 0.3 is 0 Å². The second-order valence-corrected chi connectivity index (χ2v) is 3.58. The van der Waals surface area contributed by atoms with E-state index in [0.29, 0.717) is 22.9 Å². The van der Waals surface area contributed by atoms with Crippen molar-refractivity contribution in [2.45, 2.75) is 12.8 Å². The molecule has 0 radical (unpaired) electrons. The number of phenolic OH excluding ortho intramolecular Hbond substituents is 1. The minimum Gasteiger partial charge on any atom is -0.506 e. The summed E-state index contributed by atoms with van der Waals surface area (Å²) in [6.45, 7) is 0.0353. The van der Waals surface area contributed by atoms with E-state index in [1.165, 1.54) is 12.1 Å². The monoisotopic (exact) mass is 248 g/mol. The quantitative estimate of drug-likeness (QED) is 0.862. The number of rotatable bonds is 3. The smallest absolute Gasteiger partial charge is 0.133 e. The van der Waals surface area contributed by atoms with Crippen LogP contribution >= 0.6 is 15.9 Å². The molecule has 0 fully saturated rings. The number of benzene rings is 1. The number of aliphatic hydroxyl groups excluding tert-OH is 1. The van der Waals surface area contributed by atoms with Crippen molar-refractivity contribution in [3.05, 3.63) is 28.0 Å². The fraction of sp³-hybridized carbons (Fsp3) is 0.333. The SMILES string of the molecule is OCCCc1cc(F)cc(Br)c1O. The zero-order valence-electron chi connectivity index (χ0n) is 6.93. The molecule has 0 bridgehead atoms. The van der Waals surface area contributed by atoms with E-state index in [1.54, 1.807) is 0 Å². The van der Waals surface area contributed by atoms with Gasteiger partial charge in [0.15, 0.2) is 0 Å². The molecule has 4 heteroatoms. The summed E-state index contributed by atoms with van der Waals surface area (Å²) in [6.07, 6.45) is 0.988. The van der Waals surface area contributed by atoms with Gasteiger partial charge in [0.1, 0.15) is 11.6 Å². The predicted molar refractivity (Wildman–Crippen MR) is 51.2 cm³/mol. The molecule has 0 atom stereocenters. The Kier molecular flexibility index (Phi) is 3.69. The highest BCUT2D eigenvalue weighted by molar-refractivity contribution is 9.10. The van der Waals surface area contributed by atoms with Crippen LogP contribution in [-0.2, 0) is 6.42 Å². The largest absolute Gasteiger partial charge is 0.506 e. The van der Waals surface area contributed by atoms with Crippen LogP contribution < -0.4 is 0 Å². The normalized spacial score (nSPS) is 10.4. The Morgan fingerprint density at radius 1 is 1.38 bits per heavy atom. The third-order valence-electron chi connectivity index (χ3n) is 1.71. The summed E-state index contributed by atoms with van der Waals surface area (Å²) in [4.78, 5) is 0. The van der Waals surface area contributed by atoms with Crippen molar-refractivity contribution in [1.29, 1.82) is 0 Å². The summed E-state index contributed by atoms with van der Waals surface area (Å²) < 4.78 is 13.2. The molecule has 0 aliphatic rings. The molecule has 0 saturated carbocycles. The molecule has 0 saturated heterocycles. The van der Waals surface area contributed by atoms with Crippen LogP contribution in [0.3, 0.4) is 0 Å². The van der Waals surface area contributed by atoms with Crippen LogP contribution in [0.25, 0.3) is 0 Å². The Hall–Kier alpha value is -0.610. The lowest BCUT2D eigenvalue weighted by Gasteiger charge is -2.05. The maximum atomic E-state index is 12.8. The lowest BCUT2D eigenvalue weighted by atomic mass is 10.1. The zero-order valence-corrected chi connectivity index (χ0v) is 8.51. The topological polar surface area (TPSA) is 40.5 Å². The first-order valence-corrected chi connectivity index (χ1v) is 4.72. The average molecular weight is 249 g/mol. The van der Waals surface area contributed by atoms with Gasteiger partial charge in [-0.3, -0.25) is 0 Å². The van der Waals surface area contributed by atoms with Gasteiger partial charge in [0.25, 0.3) is 0 Å². The number of aryl methyl sites for hydroxylation is 1. The second kappa shape index (κ2) is 4.58. The molecule has 0 heterocycles. The molecule has 0 amide bonds. The van der Waals surface area contributed by atoms with Gasteiger partial charge in [-0.05, 0) is 46.5 Å². The molecule has 0 aliphatic heterocycles. The molecule has 1 aromatic rings. The van der Waals surface area contributed by atoms with Crippen molar-refractivity contribution in [2.75, 3.05) is 6.61 Å². The van der Waals surface area contributed by atoms with Crippen LogP contribution in [0.15, 0.2) is 16.6 Å². The third kappa shape index (κ3) is 2.67. The predicted octanol–water partition coefficient (Wildman–Crippen LogP) is 2.22. The summed E-state index contributed by atoms with van der Waals surface area (Å²) in [5.74, 6) is -0.340. The van der Waals surface area contributed by atoms with Crippen molar-refractivity contribution in [1.82, 2.24) is 0 Å². The van der Waals surface area contributed by atoms with E-state index in [2.05, 4.69) is 15.9 Å². The maximum Gasteiger partial charge on any atom is 0.133 e. The summed E-state index contributed by atoms with van der Waals surface area (Å²) >= 11 is 3.04. The summed E-state index contributed by atoms with van der Waals surface area (Å²) in [6, 6.07) is 2.48. The van der Waals surface area contributed by atoms with Crippen molar-refractivity contribution >= 4 is 15.9 Å². The van der Waals surface area contributed by atoms with Crippen molar-refractivity contribution in [3.63, 3.8) is 0 Å². The first kappa shape index (κ1) is 10.5. The highest BCUT2D eigenvalue weighted by Crippen LogP contribution is 2.29. The number of hydrogen-bond donors (Lipinski definition) is 2. The van der Waals surface area contributed by atoms with Gasteiger partial charge in [-0.1, -0.05) is 0 Å². The molecule has 2 nitrogen and oxygen atoms in total. The van der Waals surface area contributed by atoms with Crippen LogP contribution in [-0.4, -0.2) is 16.8 Å². The van der Waals surface area contributed by atoms with E-state index in [1.807, 2.05) is 0 Å². The average Bonchev–Trinajstić information content (AvgIpc) is 2.09. The maximum absolute atomic E-state index is 12.8. The lowest BCUT2D eigenvalue weighted by Crippen LogP contribution is -1.92. The molecule has 0 spiro atoms. The highest BCUT2D eigenvalue weighted by Gasteiger charge is 2.07. The molecule has 1 rings (SSSR count). The highest BCUT2D eigenvalue weighted by atomic mass is 79.9. The number of halogens is 2. The van der Waals surface area contributed by atoms with Crippen LogP contribution in [0, 0.1) is 5.82 Å². The van der Waals surface area contributed by atoms with Crippen LogP contribution in [0.5, 0.6) is 5.75 Å². The van der Waals surface area contributed by atoms with E-state index in [0.717, 1.165) is 0 Å². The number of aliphatic hydroxyl groups is 1. The van der Waals surface area contributed by atoms with Crippen molar-refractivity contribution in [2.24, 2.45) is 0 Å². The van der Waals surface area contributed by atoms with Gasteiger partial charge in [0.05, 0.1) is 4.47 Å². The second-order valence-electron chi connectivity index (χ2n) is 2.72. The minimum absolute atomic E-state index is 0.0353. The minimum atomic E-state index is -0.391. The van der Waals surface area contributed by atoms with E-state index in [4.69, 9.17) is 5.11 Å². The molecule has 72 valence electrons. The molecular formula is C9H10BrFO2. The first-order valence-electron chi connectivity index (χ1n) is 3.93. The first-order chi connectivity index (χ1) is 6.15. The van der Waals surface area contributed by atoms with E-state index in [-0.39, 0.29) is 12.4 Å². The molecule has 1 aromatic carbocycles. The fourth-order valence-electron chi connectivity index (χ4n) is 1.08. The van der Waals surface area contributed by atoms with Crippen molar-refractivity contribution in [3.8, 4) is 5.75 Å². The van der Waals surface area contributed by atoms with Crippen LogP contribution in [0.4, 0.5) is 4.39 Å². The summed E-state index contributed by atoms with van der Waals surface area (Å²) in [5, 5.41) is 18.0. The Labute approximate surface area is 84.1 Å². The van der Waals surface area contributed by atoms with Gasteiger partial charge in [-0.15, -0.1) is 0 Å². The summed E-state index contributed by atoms with van der Waals surface area (Å²) in [5.41, 5.74) is 0.515. The number of phenols is 1. The third-order valence-corrected chi connectivity index (χ3v) is 2.32. The van der Waals surface area contributed by atoms with Gasteiger partial charge in [-0.25, -0.2) is 4.39 Å². The Bertz CT molecular complexity index is 302. The van der Waals surface area contributed by atoms with Gasteiger partial charge in [0.2, 0.25) is 0 Å². The van der Waals surface area contributed by atoms with E-state index in [9.17, 15) is 9.50 Å². The molecular weight excluding hydrogens is 239 g/mol. The Morgan fingerprint density at radius 2 is 2.08 bits per heavy atom. The fourth-order valence-corrected chi connectivity index (χ4v) is 1.55. The number of aromatic hydroxyl groups is 1. The van der Waals surface area contributed by atoms with E-state index >= 15 is 0 Å². The Balaban J connectivity index is 2.92. The zero-order chi connectivity index (χ0) is 9.84. The molecule has 13 heavy (non-hydrogen) atoms. The van der Waals surface area contributed by atoms with E-state index < -0.39 is 5.82 Å². The number of hydrogen-bond acceptors (Lipinski definition) is 2. The standard InChI is InChI=1S/C9H10BrFO2/c10-8-5-7(11)4-6(9(8)13)2-1-3-12/h4-5,12-13H,1-3H2. The lowest BCUT2D eigenvalue weighted by molar-refractivity contribution is 0.288. The molecule has 2 N–H and O–H groups in total. The van der Waals surface area contributed by atoms with Gasteiger partial charge < -0.3 is 10.2 Å².